The van der Waals surface area contributed by atoms with Crippen LogP contribution in [-0.4, -0.2) is 25.7 Å². The van der Waals surface area contributed by atoms with Gasteiger partial charge in [-0.05, 0) is 61.8 Å². The number of fused-ring (bicyclic) bond motifs is 1. The SMILES string of the molecule is CCNC1CCN(c2cccc3c2CCCC3)CC1C. The average molecular weight is 272 g/mol. The molecule has 2 atom stereocenters. The van der Waals surface area contributed by atoms with Crippen molar-refractivity contribution in [3.63, 3.8) is 0 Å². The van der Waals surface area contributed by atoms with Crippen molar-refractivity contribution in [3.8, 4) is 0 Å². The van der Waals surface area contributed by atoms with Gasteiger partial charge in [-0.15, -0.1) is 0 Å². The molecule has 1 N–H and O–H groups in total. The molecule has 1 saturated heterocycles. The van der Waals surface area contributed by atoms with Gasteiger partial charge in [0.1, 0.15) is 0 Å². The lowest BCUT2D eigenvalue weighted by Gasteiger charge is -2.40. The molecule has 2 nitrogen and oxygen atoms in total. The van der Waals surface area contributed by atoms with Crippen LogP contribution in [0.25, 0.3) is 0 Å². The number of benzene rings is 1. The van der Waals surface area contributed by atoms with Crippen molar-refractivity contribution in [1.29, 1.82) is 0 Å². The molecule has 0 aromatic heterocycles. The molecule has 2 unspecified atom stereocenters. The summed E-state index contributed by atoms with van der Waals surface area (Å²) >= 11 is 0. The standard InChI is InChI=1S/C18H28N2/c1-3-19-17-11-12-20(13-14(17)2)18-10-6-8-15-7-4-5-9-16(15)18/h6,8,10,14,17,19H,3-5,7,9,11-13H2,1-2H3. The van der Waals surface area contributed by atoms with Gasteiger partial charge in [0.15, 0.2) is 0 Å². The van der Waals surface area contributed by atoms with E-state index in [0.29, 0.717) is 6.04 Å². The van der Waals surface area contributed by atoms with Crippen molar-refractivity contribution in [2.24, 2.45) is 5.92 Å². The fourth-order valence-corrected chi connectivity index (χ4v) is 3.99. The average Bonchev–Trinajstić information content (AvgIpc) is 2.49. The van der Waals surface area contributed by atoms with Crippen LogP contribution in [0, 0.1) is 5.92 Å². The van der Waals surface area contributed by atoms with Crippen molar-refractivity contribution in [3.05, 3.63) is 29.3 Å². The number of aryl methyl sites for hydroxylation is 1. The minimum atomic E-state index is 0.704. The van der Waals surface area contributed by atoms with Crippen LogP contribution in [0.3, 0.4) is 0 Å². The monoisotopic (exact) mass is 272 g/mol. The van der Waals surface area contributed by atoms with Crippen LogP contribution >= 0.6 is 0 Å². The Morgan fingerprint density at radius 2 is 2.10 bits per heavy atom. The largest absolute Gasteiger partial charge is 0.371 e. The highest BCUT2D eigenvalue weighted by atomic mass is 15.2. The summed E-state index contributed by atoms with van der Waals surface area (Å²) in [6.45, 7) is 8.11. The molecule has 0 radical (unpaired) electrons. The van der Waals surface area contributed by atoms with Gasteiger partial charge in [0.2, 0.25) is 0 Å². The molecular formula is C18H28N2. The molecule has 0 spiro atoms. The van der Waals surface area contributed by atoms with Crippen molar-refractivity contribution in [1.82, 2.24) is 5.32 Å². The molecule has 20 heavy (non-hydrogen) atoms. The van der Waals surface area contributed by atoms with Gasteiger partial charge in [-0.1, -0.05) is 26.0 Å². The first kappa shape index (κ1) is 13.9. The zero-order chi connectivity index (χ0) is 13.9. The smallest absolute Gasteiger partial charge is 0.0401 e. The molecule has 1 aliphatic heterocycles. The Bertz CT molecular complexity index is 455. The summed E-state index contributed by atoms with van der Waals surface area (Å²) in [4.78, 5) is 2.64. The Hall–Kier alpha value is -1.02. The predicted octanol–water partition coefficient (Wildman–Crippen LogP) is 3.39. The van der Waals surface area contributed by atoms with E-state index in [-0.39, 0.29) is 0 Å². The summed E-state index contributed by atoms with van der Waals surface area (Å²) in [6.07, 6.45) is 6.58. The van der Waals surface area contributed by atoms with Crippen molar-refractivity contribution in [2.45, 2.75) is 52.0 Å². The third-order valence-electron chi connectivity index (χ3n) is 5.08. The van der Waals surface area contributed by atoms with Crippen LogP contribution in [0.5, 0.6) is 0 Å². The van der Waals surface area contributed by atoms with E-state index >= 15 is 0 Å². The number of piperidine rings is 1. The molecule has 1 heterocycles. The summed E-state index contributed by atoms with van der Waals surface area (Å²) in [7, 11) is 0. The van der Waals surface area contributed by atoms with Gasteiger partial charge >= 0.3 is 0 Å². The highest BCUT2D eigenvalue weighted by molar-refractivity contribution is 5.58. The third kappa shape index (κ3) is 2.71. The molecule has 110 valence electrons. The molecule has 3 rings (SSSR count). The lowest BCUT2D eigenvalue weighted by Crippen LogP contribution is -2.48. The summed E-state index contributed by atoms with van der Waals surface area (Å²) in [5.74, 6) is 0.739. The molecule has 1 aromatic carbocycles. The van der Waals surface area contributed by atoms with Crippen molar-refractivity contribution in [2.75, 3.05) is 24.5 Å². The summed E-state index contributed by atoms with van der Waals surface area (Å²) in [6, 6.07) is 7.66. The molecule has 0 saturated carbocycles. The third-order valence-corrected chi connectivity index (χ3v) is 5.08. The predicted molar refractivity (Wildman–Crippen MR) is 86.5 cm³/mol. The Labute approximate surface area is 123 Å². The van der Waals surface area contributed by atoms with Gasteiger partial charge in [0, 0.05) is 24.8 Å². The lowest BCUT2D eigenvalue weighted by atomic mass is 9.88. The van der Waals surface area contributed by atoms with E-state index < -0.39 is 0 Å². The highest BCUT2D eigenvalue weighted by Crippen LogP contribution is 2.32. The number of nitrogens with zero attached hydrogens (tertiary/aromatic N) is 1. The molecule has 2 heteroatoms. The Morgan fingerprint density at radius 1 is 1.25 bits per heavy atom. The van der Waals surface area contributed by atoms with Gasteiger partial charge in [0.25, 0.3) is 0 Å². The molecule has 1 aliphatic carbocycles. The first-order valence-electron chi connectivity index (χ1n) is 8.38. The van der Waals surface area contributed by atoms with E-state index in [2.05, 4.69) is 42.3 Å². The van der Waals surface area contributed by atoms with E-state index in [0.717, 1.165) is 12.5 Å². The quantitative estimate of drug-likeness (QED) is 0.907. The Kier molecular flexibility index (Phi) is 4.30. The number of anilines is 1. The van der Waals surface area contributed by atoms with E-state index in [1.165, 1.54) is 50.9 Å². The minimum Gasteiger partial charge on any atom is -0.371 e. The second kappa shape index (κ2) is 6.17. The molecule has 1 fully saturated rings. The van der Waals surface area contributed by atoms with E-state index in [4.69, 9.17) is 0 Å². The van der Waals surface area contributed by atoms with Gasteiger partial charge in [0.05, 0.1) is 0 Å². The number of hydrogen-bond acceptors (Lipinski definition) is 2. The van der Waals surface area contributed by atoms with Crippen LogP contribution in [-0.2, 0) is 12.8 Å². The van der Waals surface area contributed by atoms with Crippen LogP contribution in [0.15, 0.2) is 18.2 Å². The van der Waals surface area contributed by atoms with Crippen molar-refractivity contribution < 1.29 is 0 Å². The fourth-order valence-electron chi connectivity index (χ4n) is 3.99. The summed E-state index contributed by atoms with van der Waals surface area (Å²) in [5.41, 5.74) is 4.78. The fraction of sp³-hybridized carbons (Fsp3) is 0.667. The molecule has 1 aromatic rings. The highest BCUT2D eigenvalue weighted by Gasteiger charge is 2.27. The van der Waals surface area contributed by atoms with Crippen LogP contribution in [0.2, 0.25) is 0 Å². The van der Waals surface area contributed by atoms with Gasteiger partial charge in [-0.3, -0.25) is 0 Å². The Morgan fingerprint density at radius 3 is 2.90 bits per heavy atom. The number of nitrogens with one attached hydrogen (secondary N) is 1. The van der Waals surface area contributed by atoms with Crippen LogP contribution in [0.4, 0.5) is 5.69 Å². The zero-order valence-corrected chi connectivity index (χ0v) is 13.0. The van der Waals surface area contributed by atoms with Gasteiger partial charge in [-0.2, -0.15) is 0 Å². The zero-order valence-electron chi connectivity index (χ0n) is 13.0. The lowest BCUT2D eigenvalue weighted by molar-refractivity contribution is 0.326. The minimum absolute atomic E-state index is 0.704. The maximum Gasteiger partial charge on any atom is 0.0401 e. The summed E-state index contributed by atoms with van der Waals surface area (Å²) in [5, 5.41) is 3.64. The first-order chi connectivity index (χ1) is 9.79. The first-order valence-corrected chi connectivity index (χ1v) is 8.38. The Balaban J connectivity index is 1.77. The molecular weight excluding hydrogens is 244 g/mol. The summed E-state index contributed by atoms with van der Waals surface area (Å²) < 4.78 is 0. The van der Waals surface area contributed by atoms with Crippen LogP contribution in [0.1, 0.15) is 44.2 Å². The maximum atomic E-state index is 3.64. The second-order valence-electron chi connectivity index (χ2n) is 6.50. The van der Waals surface area contributed by atoms with Crippen LogP contribution < -0.4 is 10.2 Å². The second-order valence-corrected chi connectivity index (χ2v) is 6.50. The normalized spacial score (nSPS) is 26.4. The topological polar surface area (TPSA) is 15.3 Å². The van der Waals surface area contributed by atoms with E-state index in [9.17, 15) is 0 Å². The van der Waals surface area contributed by atoms with Gasteiger partial charge in [-0.25, -0.2) is 0 Å². The molecule has 0 bridgehead atoms. The number of hydrogen-bond donors (Lipinski definition) is 1. The van der Waals surface area contributed by atoms with Crippen molar-refractivity contribution >= 4 is 5.69 Å². The van der Waals surface area contributed by atoms with Gasteiger partial charge < -0.3 is 10.2 Å². The number of rotatable bonds is 3. The molecule has 0 amide bonds. The van der Waals surface area contributed by atoms with E-state index in [1.54, 1.807) is 11.1 Å². The van der Waals surface area contributed by atoms with E-state index in [1.807, 2.05) is 0 Å². The molecule has 2 aliphatic rings. The maximum absolute atomic E-state index is 3.64.